The summed E-state index contributed by atoms with van der Waals surface area (Å²) in [6.45, 7) is 3.05. The monoisotopic (exact) mass is 418 g/mol. The van der Waals surface area contributed by atoms with E-state index in [9.17, 15) is 4.79 Å². The highest BCUT2D eigenvalue weighted by atomic mass is 79.9. The Morgan fingerprint density at radius 3 is 2.80 bits per heavy atom. The van der Waals surface area contributed by atoms with Crippen molar-refractivity contribution in [1.82, 2.24) is 9.55 Å². The van der Waals surface area contributed by atoms with Crippen LogP contribution in [0, 0.1) is 6.92 Å². The van der Waals surface area contributed by atoms with Gasteiger partial charge in [-0.3, -0.25) is 9.36 Å². The van der Waals surface area contributed by atoms with Gasteiger partial charge in [-0.1, -0.05) is 52.0 Å². The molecule has 0 atom stereocenters. The van der Waals surface area contributed by atoms with Crippen LogP contribution in [0.15, 0.2) is 56.9 Å². The number of hydrogen-bond donors (Lipinski definition) is 0. The summed E-state index contributed by atoms with van der Waals surface area (Å²) in [4.78, 5) is 17.6. The molecule has 0 spiro atoms. The summed E-state index contributed by atoms with van der Waals surface area (Å²) in [5.74, 6) is 0.772. The SMILES string of the molecule is COCCn1c(SCc2ccccc2C)nc2ccc(Br)cc2c1=O. The van der Waals surface area contributed by atoms with Crippen molar-refractivity contribution >= 4 is 38.6 Å². The highest BCUT2D eigenvalue weighted by Crippen LogP contribution is 2.24. The summed E-state index contributed by atoms with van der Waals surface area (Å²) in [5, 5.41) is 1.34. The molecule has 0 bridgehead atoms. The van der Waals surface area contributed by atoms with Crippen molar-refractivity contribution in [2.45, 2.75) is 24.4 Å². The highest BCUT2D eigenvalue weighted by Gasteiger charge is 2.12. The number of aryl methyl sites for hydroxylation is 1. The zero-order valence-electron chi connectivity index (χ0n) is 14.2. The van der Waals surface area contributed by atoms with E-state index in [2.05, 4.69) is 35.0 Å². The first-order chi connectivity index (χ1) is 12.1. The van der Waals surface area contributed by atoms with Crippen LogP contribution in [0.1, 0.15) is 11.1 Å². The molecule has 0 saturated heterocycles. The van der Waals surface area contributed by atoms with Crippen LogP contribution in [0.2, 0.25) is 0 Å². The van der Waals surface area contributed by atoms with Crippen LogP contribution in [0.4, 0.5) is 0 Å². The van der Waals surface area contributed by atoms with Crippen LogP contribution >= 0.6 is 27.7 Å². The van der Waals surface area contributed by atoms with Gasteiger partial charge in [0.15, 0.2) is 5.16 Å². The summed E-state index contributed by atoms with van der Waals surface area (Å²) in [7, 11) is 1.64. The average Bonchev–Trinajstić information content (AvgIpc) is 2.61. The Hall–Kier alpha value is -1.63. The van der Waals surface area contributed by atoms with Crippen LogP contribution in [0.3, 0.4) is 0 Å². The maximum absolute atomic E-state index is 12.9. The third-order valence-electron chi connectivity index (χ3n) is 4.02. The fourth-order valence-corrected chi connectivity index (χ4v) is 4.04. The van der Waals surface area contributed by atoms with Crippen molar-refractivity contribution < 1.29 is 4.74 Å². The molecule has 130 valence electrons. The number of fused-ring (bicyclic) bond motifs is 1. The minimum Gasteiger partial charge on any atom is -0.383 e. The molecular weight excluding hydrogens is 400 g/mol. The van der Waals surface area contributed by atoms with Crippen molar-refractivity contribution in [3.05, 3.63) is 68.4 Å². The molecule has 0 fully saturated rings. The second-order valence-electron chi connectivity index (χ2n) is 5.72. The zero-order valence-corrected chi connectivity index (χ0v) is 16.6. The fraction of sp³-hybridized carbons (Fsp3) is 0.263. The van der Waals surface area contributed by atoms with E-state index in [0.717, 1.165) is 15.4 Å². The summed E-state index contributed by atoms with van der Waals surface area (Å²) >= 11 is 5.01. The predicted octanol–water partition coefficient (Wildman–Crippen LogP) is 4.41. The minimum absolute atomic E-state index is 0.0318. The Morgan fingerprint density at radius 2 is 2.04 bits per heavy atom. The highest BCUT2D eigenvalue weighted by molar-refractivity contribution is 9.10. The molecule has 4 nitrogen and oxygen atoms in total. The lowest BCUT2D eigenvalue weighted by Gasteiger charge is -2.13. The van der Waals surface area contributed by atoms with Gasteiger partial charge in [-0.15, -0.1) is 0 Å². The number of methoxy groups -OCH3 is 1. The van der Waals surface area contributed by atoms with Gasteiger partial charge < -0.3 is 4.74 Å². The van der Waals surface area contributed by atoms with Crippen LogP contribution in [0.5, 0.6) is 0 Å². The Balaban J connectivity index is 2.01. The van der Waals surface area contributed by atoms with E-state index in [1.54, 1.807) is 23.4 Å². The van der Waals surface area contributed by atoms with Crippen LogP contribution < -0.4 is 5.56 Å². The molecule has 0 saturated carbocycles. The summed E-state index contributed by atoms with van der Waals surface area (Å²) < 4.78 is 7.75. The van der Waals surface area contributed by atoms with Gasteiger partial charge in [-0.25, -0.2) is 4.98 Å². The number of aromatic nitrogens is 2. The molecule has 0 aliphatic rings. The molecule has 1 heterocycles. The van der Waals surface area contributed by atoms with Crippen LogP contribution in [0.25, 0.3) is 10.9 Å². The Kier molecular flexibility index (Phi) is 5.93. The van der Waals surface area contributed by atoms with E-state index in [1.807, 2.05) is 30.3 Å². The predicted molar refractivity (Wildman–Crippen MR) is 106 cm³/mol. The Bertz CT molecular complexity index is 956. The largest absolute Gasteiger partial charge is 0.383 e. The minimum atomic E-state index is -0.0318. The maximum atomic E-state index is 12.9. The molecule has 6 heteroatoms. The van der Waals surface area contributed by atoms with Gasteiger partial charge in [0, 0.05) is 17.3 Å². The normalized spacial score (nSPS) is 11.2. The second-order valence-corrected chi connectivity index (χ2v) is 7.58. The molecule has 2 aromatic carbocycles. The van der Waals surface area contributed by atoms with E-state index in [4.69, 9.17) is 9.72 Å². The number of rotatable bonds is 6. The third-order valence-corrected chi connectivity index (χ3v) is 5.54. The van der Waals surface area contributed by atoms with E-state index < -0.39 is 0 Å². The van der Waals surface area contributed by atoms with Crippen molar-refractivity contribution in [3.63, 3.8) is 0 Å². The van der Waals surface area contributed by atoms with Crippen molar-refractivity contribution in [3.8, 4) is 0 Å². The smallest absolute Gasteiger partial charge is 0.262 e. The lowest BCUT2D eigenvalue weighted by Crippen LogP contribution is -2.25. The number of benzene rings is 2. The first-order valence-corrected chi connectivity index (χ1v) is 9.74. The van der Waals surface area contributed by atoms with Gasteiger partial charge in [-0.05, 0) is 36.2 Å². The van der Waals surface area contributed by atoms with Gasteiger partial charge in [0.05, 0.1) is 24.1 Å². The Morgan fingerprint density at radius 1 is 1.24 bits per heavy atom. The molecule has 0 radical (unpaired) electrons. The van der Waals surface area contributed by atoms with E-state index in [0.29, 0.717) is 24.1 Å². The number of thioether (sulfide) groups is 1. The van der Waals surface area contributed by atoms with Gasteiger partial charge in [0.25, 0.3) is 5.56 Å². The average molecular weight is 419 g/mol. The van der Waals surface area contributed by atoms with Gasteiger partial charge in [-0.2, -0.15) is 0 Å². The molecule has 0 unspecified atom stereocenters. The number of nitrogens with zero attached hydrogens (tertiary/aromatic N) is 2. The number of ether oxygens (including phenoxy) is 1. The van der Waals surface area contributed by atoms with E-state index in [-0.39, 0.29) is 5.56 Å². The van der Waals surface area contributed by atoms with Gasteiger partial charge in [0.1, 0.15) is 0 Å². The topological polar surface area (TPSA) is 44.1 Å². The quantitative estimate of drug-likeness (QED) is 0.439. The first-order valence-electron chi connectivity index (χ1n) is 7.96. The van der Waals surface area contributed by atoms with Gasteiger partial charge in [0.2, 0.25) is 0 Å². The molecule has 25 heavy (non-hydrogen) atoms. The first kappa shape index (κ1) is 18.2. The van der Waals surface area contributed by atoms with Crippen molar-refractivity contribution in [2.75, 3.05) is 13.7 Å². The molecule has 3 rings (SSSR count). The molecule has 3 aromatic rings. The Labute approximate surface area is 159 Å². The second kappa shape index (κ2) is 8.17. The summed E-state index contributed by atoms with van der Waals surface area (Å²) in [5.41, 5.74) is 3.17. The van der Waals surface area contributed by atoms with Crippen molar-refractivity contribution in [2.24, 2.45) is 0 Å². The number of hydrogen-bond acceptors (Lipinski definition) is 4. The molecule has 0 aliphatic heterocycles. The van der Waals surface area contributed by atoms with Crippen LogP contribution in [-0.2, 0) is 17.0 Å². The standard InChI is InChI=1S/C19H19BrN2O2S/c1-13-5-3-4-6-14(13)12-25-19-21-17-8-7-15(20)11-16(17)18(23)22(19)9-10-24-2/h3-8,11H,9-10,12H2,1-2H3. The molecule has 1 aromatic heterocycles. The molecule has 0 N–H and O–H groups in total. The van der Waals surface area contributed by atoms with Crippen molar-refractivity contribution in [1.29, 1.82) is 0 Å². The van der Waals surface area contributed by atoms with E-state index >= 15 is 0 Å². The fourth-order valence-electron chi connectivity index (χ4n) is 2.58. The van der Waals surface area contributed by atoms with Gasteiger partial charge >= 0.3 is 0 Å². The lowest BCUT2D eigenvalue weighted by atomic mass is 10.1. The number of halogens is 1. The molecule has 0 aliphatic carbocycles. The van der Waals surface area contributed by atoms with E-state index in [1.165, 1.54) is 11.1 Å². The molecule has 0 amide bonds. The lowest BCUT2D eigenvalue weighted by molar-refractivity contribution is 0.183. The summed E-state index contributed by atoms with van der Waals surface area (Å²) in [6, 6.07) is 13.9. The van der Waals surface area contributed by atoms with Crippen LogP contribution in [-0.4, -0.2) is 23.3 Å². The third kappa shape index (κ3) is 4.14. The summed E-state index contributed by atoms with van der Waals surface area (Å²) in [6.07, 6.45) is 0. The maximum Gasteiger partial charge on any atom is 0.262 e. The zero-order chi connectivity index (χ0) is 17.8. The molecular formula is C19H19BrN2O2S.